The van der Waals surface area contributed by atoms with Gasteiger partial charge in [0.1, 0.15) is 12.4 Å². The van der Waals surface area contributed by atoms with Crippen molar-refractivity contribution in [2.24, 2.45) is 0 Å². The molecule has 0 bridgehead atoms. The monoisotopic (exact) mass is 334 g/mol. The van der Waals surface area contributed by atoms with Crippen LogP contribution in [0.5, 0.6) is 5.75 Å². The molecule has 3 nitrogen and oxygen atoms in total. The zero-order valence-corrected chi connectivity index (χ0v) is 12.7. The van der Waals surface area contributed by atoms with Crippen LogP contribution in [0, 0.1) is 0 Å². The van der Waals surface area contributed by atoms with Crippen LogP contribution in [0.1, 0.15) is 11.1 Å². The summed E-state index contributed by atoms with van der Waals surface area (Å²) in [5.41, 5.74) is 1.87. The lowest BCUT2D eigenvalue weighted by Gasteiger charge is -2.06. The fraction of sp³-hybridized carbons (Fsp3) is 0.188. The van der Waals surface area contributed by atoms with Crippen LogP contribution in [0.25, 0.3) is 0 Å². The van der Waals surface area contributed by atoms with E-state index in [0.717, 1.165) is 21.3 Å². The molecule has 0 aliphatic carbocycles. The lowest BCUT2D eigenvalue weighted by molar-refractivity contribution is -0.144. The fourth-order valence-electron chi connectivity index (χ4n) is 1.75. The minimum Gasteiger partial charge on any atom is -0.497 e. The maximum atomic E-state index is 11.8. The van der Waals surface area contributed by atoms with Crippen molar-refractivity contribution in [3.63, 3.8) is 0 Å². The zero-order valence-electron chi connectivity index (χ0n) is 11.1. The van der Waals surface area contributed by atoms with Crippen molar-refractivity contribution in [1.82, 2.24) is 0 Å². The smallest absolute Gasteiger partial charge is 0.310 e. The number of benzene rings is 2. The third kappa shape index (κ3) is 4.38. The summed E-state index contributed by atoms with van der Waals surface area (Å²) in [6.45, 7) is 0.275. The second-order valence-corrected chi connectivity index (χ2v) is 5.23. The van der Waals surface area contributed by atoms with Crippen LogP contribution in [0.15, 0.2) is 53.0 Å². The van der Waals surface area contributed by atoms with Crippen molar-refractivity contribution >= 4 is 21.9 Å². The normalized spacial score (nSPS) is 10.1. The quantitative estimate of drug-likeness (QED) is 0.781. The molecule has 0 N–H and O–H groups in total. The first-order valence-corrected chi connectivity index (χ1v) is 6.99. The summed E-state index contributed by atoms with van der Waals surface area (Å²) in [5.74, 6) is 0.549. The van der Waals surface area contributed by atoms with Crippen molar-refractivity contribution in [2.75, 3.05) is 7.11 Å². The lowest BCUT2D eigenvalue weighted by atomic mass is 10.1. The predicted octanol–water partition coefficient (Wildman–Crippen LogP) is 3.74. The average Bonchev–Trinajstić information content (AvgIpc) is 2.46. The van der Waals surface area contributed by atoms with E-state index in [0.29, 0.717) is 0 Å². The summed E-state index contributed by atoms with van der Waals surface area (Å²) in [6.07, 6.45) is 0.273. The van der Waals surface area contributed by atoms with Gasteiger partial charge in [-0.05, 0) is 35.4 Å². The van der Waals surface area contributed by atoms with E-state index >= 15 is 0 Å². The Morgan fingerprint density at radius 3 is 2.50 bits per heavy atom. The van der Waals surface area contributed by atoms with Gasteiger partial charge in [-0.3, -0.25) is 4.79 Å². The van der Waals surface area contributed by atoms with Gasteiger partial charge in [-0.15, -0.1) is 0 Å². The lowest BCUT2D eigenvalue weighted by Crippen LogP contribution is -2.08. The van der Waals surface area contributed by atoms with E-state index in [1.54, 1.807) is 7.11 Å². The second kappa shape index (κ2) is 7.10. The molecule has 0 saturated heterocycles. The molecule has 0 aliphatic rings. The van der Waals surface area contributed by atoms with Crippen LogP contribution in [0.4, 0.5) is 0 Å². The number of hydrogen-bond donors (Lipinski definition) is 0. The summed E-state index contributed by atoms with van der Waals surface area (Å²) < 4.78 is 11.3. The van der Waals surface area contributed by atoms with E-state index in [1.807, 2.05) is 48.5 Å². The first-order valence-electron chi connectivity index (χ1n) is 6.20. The van der Waals surface area contributed by atoms with Crippen molar-refractivity contribution in [3.05, 3.63) is 64.1 Å². The summed E-state index contributed by atoms with van der Waals surface area (Å²) in [4.78, 5) is 11.8. The van der Waals surface area contributed by atoms with E-state index in [1.165, 1.54) is 0 Å². The Hall–Kier alpha value is -1.81. The van der Waals surface area contributed by atoms with Crippen LogP contribution in [-0.2, 0) is 22.6 Å². The van der Waals surface area contributed by atoms with Gasteiger partial charge in [0.2, 0.25) is 0 Å². The van der Waals surface area contributed by atoms with Crippen molar-refractivity contribution in [1.29, 1.82) is 0 Å². The van der Waals surface area contributed by atoms with Gasteiger partial charge in [-0.2, -0.15) is 0 Å². The number of rotatable bonds is 5. The molecule has 4 heteroatoms. The number of esters is 1. The summed E-state index contributed by atoms with van der Waals surface area (Å²) in [5, 5.41) is 0. The van der Waals surface area contributed by atoms with Crippen LogP contribution >= 0.6 is 15.9 Å². The molecule has 0 unspecified atom stereocenters. The predicted molar refractivity (Wildman–Crippen MR) is 80.6 cm³/mol. The molecule has 0 radical (unpaired) electrons. The number of halogens is 1. The average molecular weight is 335 g/mol. The molecular formula is C16H15BrO3. The number of carbonyl (C=O) groups excluding carboxylic acids is 1. The highest BCUT2D eigenvalue weighted by molar-refractivity contribution is 9.10. The molecule has 0 heterocycles. The molecule has 20 heavy (non-hydrogen) atoms. The van der Waals surface area contributed by atoms with Crippen molar-refractivity contribution in [3.8, 4) is 5.75 Å². The molecule has 0 spiro atoms. The minimum atomic E-state index is -0.237. The van der Waals surface area contributed by atoms with Crippen LogP contribution in [0.2, 0.25) is 0 Å². The Morgan fingerprint density at radius 2 is 1.85 bits per heavy atom. The first kappa shape index (κ1) is 14.6. The number of hydrogen-bond acceptors (Lipinski definition) is 3. The maximum Gasteiger partial charge on any atom is 0.310 e. The minimum absolute atomic E-state index is 0.237. The van der Waals surface area contributed by atoms with Gasteiger partial charge in [-0.1, -0.05) is 40.2 Å². The maximum absolute atomic E-state index is 11.8. The third-order valence-corrected chi connectivity index (χ3v) is 3.29. The summed E-state index contributed by atoms with van der Waals surface area (Å²) in [6, 6.07) is 15.1. The highest BCUT2D eigenvalue weighted by Gasteiger charge is 2.05. The molecule has 0 aliphatic heterocycles. The standard InChI is InChI=1S/C16H15BrO3/c1-19-15-7-5-12(6-8-15)11-20-16(18)10-13-3-2-4-14(17)9-13/h2-9H,10-11H2,1H3. The van der Waals surface area contributed by atoms with Gasteiger partial charge in [0, 0.05) is 4.47 Å². The molecule has 2 aromatic carbocycles. The number of carbonyl (C=O) groups is 1. The van der Waals surface area contributed by atoms with E-state index in [2.05, 4.69) is 15.9 Å². The SMILES string of the molecule is COc1ccc(COC(=O)Cc2cccc(Br)c2)cc1. The molecule has 0 fully saturated rings. The fourth-order valence-corrected chi connectivity index (χ4v) is 2.20. The van der Waals surface area contributed by atoms with Crippen LogP contribution in [0.3, 0.4) is 0 Å². The van der Waals surface area contributed by atoms with Gasteiger partial charge < -0.3 is 9.47 Å². The molecule has 0 amide bonds. The Kier molecular flexibility index (Phi) is 5.18. The van der Waals surface area contributed by atoms with Gasteiger partial charge in [0.05, 0.1) is 13.5 Å². The van der Waals surface area contributed by atoms with E-state index in [-0.39, 0.29) is 19.0 Å². The van der Waals surface area contributed by atoms with Crippen LogP contribution < -0.4 is 4.74 Å². The van der Waals surface area contributed by atoms with Gasteiger partial charge >= 0.3 is 5.97 Å². The molecule has 0 saturated carbocycles. The van der Waals surface area contributed by atoms with E-state index in [9.17, 15) is 4.79 Å². The summed E-state index contributed by atoms with van der Waals surface area (Å²) in [7, 11) is 1.62. The number of methoxy groups -OCH3 is 1. The van der Waals surface area contributed by atoms with Gasteiger partial charge in [-0.25, -0.2) is 0 Å². The Labute approximate surface area is 126 Å². The molecule has 2 rings (SSSR count). The van der Waals surface area contributed by atoms with Crippen LogP contribution in [-0.4, -0.2) is 13.1 Å². The molecule has 0 atom stereocenters. The number of ether oxygens (including phenoxy) is 2. The Bertz CT molecular complexity index is 579. The topological polar surface area (TPSA) is 35.5 Å². The molecule has 0 aromatic heterocycles. The zero-order chi connectivity index (χ0) is 14.4. The second-order valence-electron chi connectivity index (χ2n) is 4.32. The largest absolute Gasteiger partial charge is 0.497 e. The highest BCUT2D eigenvalue weighted by atomic mass is 79.9. The third-order valence-electron chi connectivity index (χ3n) is 2.80. The van der Waals surface area contributed by atoms with Crippen molar-refractivity contribution < 1.29 is 14.3 Å². The van der Waals surface area contributed by atoms with Gasteiger partial charge in [0.25, 0.3) is 0 Å². The Balaban J connectivity index is 1.85. The summed E-state index contributed by atoms with van der Waals surface area (Å²) >= 11 is 3.38. The molecular weight excluding hydrogens is 320 g/mol. The highest BCUT2D eigenvalue weighted by Crippen LogP contribution is 2.14. The first-order chi connectivity index (χ1) is 9.67. The molecule has 104 valence electrons. The van der Waals surface area contributed by atoms with Gasteiger partial charge in [0.15, 0.2) is 0 Å². The molecule has 2 aromatic rings. The Morgan fingerprint density at radius 1 is 1.10 bits per heavy atom. The van der Waals surface area contributed by atoms with E-state index < -0.39 is 0 Å². The van der Waals surface area contributed by atoms with E-state index in [4.69, 9.17) is 9.47 Å². The van der Waals surface area contributed by atoms with Crippen molar-refractivity contribution in [2.45, 2.75) is 13.0 Å².